The molecule has 0 aliphatic carbocycles. The number of nitrogens with zero attached hydrogens (tertiary/aromatic N) is 6. The van der Waals surface area contributed by atoms with Crippen molar-refractivity contribution in [2.75, 3.05) is 5.75 Å². The van der Waals surface area contributed by atoms with Crippen LogP contribution in [0.4, 0.5) is 19.0 Å². The minimum Gasteiger partial charge on any atom is -0.309 e. The van der Waals surface area contributed by atoms with E-state index in [4.69, 9.17) is 0 Å². The van der Waals surface area contributed by atoms with Crippen LogP contribution in [-0.2, 0) is 20.8 Å². The molecule has 10 nitrogen and oxygen atoms in total. The first-order valence-corrected chi connectivity index (χ1v) is 10.7. The minimum atomic E-state index is -4.59. The zero-order chi connectivity index (χ0) is 23.5. The Morgan fingerprint density at radius 2 is 1.84 bits per heavy atom. The predicted molar refractivity (Wildman–Crippen MR) is 106 cm³/mol. The van der Waals surface area contributed by atoms with Crippen molar-refractivity contribution in [3.63, 3.8) is 0 Å². The van der Waals surface area contributed by atoms with E-state index in [0.717, 1.165) is 23.9 Å². The van der Waals surface area contributed by atoms with Crippen molar-refractivity contribution >= 4 is 27.4 Å². The second-order valence-electron chi connectivity index (χ2n) is 6.31. The van der Waals surface area contributed by atoms with Crippen LogP contribution < -0.4 is 5.32 Å². The van der Waals surface area contributed by atoms with Crippen molar-refractivity contribution in [2.45, 2.75) is 24.9 Å². The summed E-state index contributed by atoms with van der Waals surface area (Å²) < 4.78 is 63.8. The Hall–Kier alpha value is -3.68. The highest BCUT2D eigenvalue weighted by Crippen LogP contribution is 2.29. The van der Waals surface area contributed by atoms with Gasteiger partial charge in [0.25, 0.3) is 0 Å². The van der Waals surface area contributed by atoms with Gasteiger partial charge in [-0.15, -0.1) is 0 Å². The third-order valence-corrected chi connectivity index (χ3v) is 5.76. The van der Waals surface area contributed by atoms with Gasteiger partial charge in [-0.25, -0.2) is 23.4 Å². The van der Waals surface area contributed by atoms with Crippen LogP contribution in [0, 0.1) is 0 Å². The lowest BCUT2D eigenvalue weighted by Gasteiger charge is -2.13. The highest BCUT2D eigenvalue weighted by Gasteiger charge is 2.30. The first-order chi connectivity index (χ1) is 15.0. The number of carbonyl (C=O) groups excluding carboxylic acids is 1. The zero-order valence-corrected chi connectivity index (χ0v) is 17.5. The molecule has 0 saturated carbocycles. The van der Waals surface area contributed by atoms with E-state index in [2.05, 4.69) is 30.5 Å². The van der Waals surface area contributed by atoms with Crippen LogP contribution >= 0.6 is 0 Å². The third kappa shape index (κ3) is 5.14. The predicted octanol–water partition coefficient (Wildman–Crippen LogP) is 2.08. The standard InChI is InChI=1S/C18H16F3N7O3S/c1-3-32(30,31)14-8-13(28-24-6-7-25-28)10-23-16(14)17(26-11(2)29)27-15-5-4-12(9-22-15)18(19,20)21/h4-10H,3H2,1-2H3,(H,22,26,27,29). The van der Waals surface area contributed by atoms with Crippen molar-refractivity contribution in [3.8, 4) is 5.69 Å². The summed E-state index contributed by atoms with van der Waals surface area (Å²) in [5, 5.41) is 10.2. The minimum absolute atomic E-state index is 0.193. The largest absolute Gasteiger partial charge is 0.417 e. The molecule has 0 aromatic carbocycles. The van der Waals surface area contributed by atoms with E-state index >= 15 is 0 Å². The van der Waals surface area contributed by atoms with Gasteiger partial charge in [0, 0.05) is 13.1 Å². The number of nitrogens with one attached hydrogen (secondary N) is 1. The number of pyridine rings is 2. The van der Waals surface area contributed by atoms with Gasteiger partial charge in [-0.05, 0) is 18.2 Å². The second kappa shape index (κ2) is 8.82. The van der Waals surface area contributed by atoms with Crippen LogP contribution in [0.3, 0.4) is 0 Å². The smallest absolute Gasteiger partial charge is 0.309 e. The van der Waals surface area contributed by atoms with Crippen LogP contribution in [0.15, 0.2) is 52.9 Å². The lowest BCUT2D eigenvalue weighted by molar-refractivity contribution is -0.137. The molecule has 1 N–H and O–H groups in total. The Labute approximate surface area is 180 Å². The number of alkyl halides is 3. The number of hydrogen-bond acceptors (Lipinski definition) is 8. The normalized spacial score (nSPS) is 12.6. The van der Waals surface area contributed by atoms with Gasteiger partial charge in [0.05, 0.1) is 34.8 Å². The van der Waals surface area contributed by atoms with Gasteiger partial charge in [0.2, 0.25) is 5.91 Å². The molecular formula is C18H16F3N7O3S. The fourth-order valence-corrected chi connectivity index (χ4v) is 3.56. The number of sulfone groups is 1. The summed E-state index contributed by atoms with van der Waals surface area (Å²) in [5.74, 6) is -1.38. The fourth-order valence-electron chi connectivity index (χ4n) is 2.50. The second-order valence-corrected chi connectivity index (χ2v) is 8.55. The first-order valence-electron chi connectivity index (χ1n) is 9.00. The fraction of sp³-hybridized carbons (Fsp3) is 0.222. The van der Waals surface area contributed by atoms with Crippen LogP contribution in [0.5, 0.6) is 0 Å². The number of amides is 1. The van der Waals surface area contributed by atoms with Crippen molar-refractivity contribution < 1.29 is 26.4 Å². The molecule has 0 saturated heterocycles. The lowest BCUT2D eigenvalue weighted by Crippen LogP contribution is -2.31. The molecule has 0 unspecified atom stereocenters. The molecule has 1 amide bonds. The molecule has 0 spiro atoms. The van der Waals surface area contributed by atoms with Crippen LogP contribution in [0.2, 0.25) is 0 Å². The maximum atomic E-state index is 12.8. The van der Waals surface area contributed by atoms with Gasteiger partial charge < -0.3 is 5.32 Å². The molecule has 3 heterocycles. The van der Waals surface area contributed by atoms with Gasteiger partial charge >= 0.3 is 6.18 Å². The molecule has 32 heavy (non-hydrogen) atoms. The number of aliphatic imine (C=N–C) groups is 1. The van der Waals surface area contributed by atoms with Crippen molar-refractivity contribution in [3.05, 3.63) is 54.2 Å². The molecule has 0 bridgehead atoms. The molecule has 3 aromatic heterocycles. The maximum Gasteiger partial charge on any atom is 0.417 e. The topological polar surface area (TPSA) is 132 Å². The number of rotatable bonds is 5. The van der Waals surface area contributed by atoms with Crippen molar-refractivity contribution in [2.24, 2.45) is 4.99 Å². The van der Waals surface area contributed by atoms with Gasteiger partial charge in [-0.1, -0.05) is 6.92 Å². The molecule has 0 fully saturated rings. The van der Waals surface area contributed by atoms with Crippen LogP contribution in [0.1, 0.15) is 25.1 Å². The molecule has 0 radical (unpaired) electrons. The van der Waals surface area contributed by atoms with Gasteiger partial charge in [-0.2, -0.15) is 28.2 Å². The average molecular weight is 467 g/mol. The summed E-state index contributed by atoms with van der Waals surface area (Å²) >= 11 is 0. The number of aromatic nitrogens is 5. The highest BCUT2D eigenvalue weighted by molar-refractivity contribution is 7.91. The molecule has 0 atom stereocenters. The number of halogens is 3. The monoisotopic (exact) mass is 467 g/mol. The van der Waals surface area contributed by atoms with Crippen molar-refractivity contribution in [1.82, 2.24) is 30.3 Å². The average Bonchev–Trinajstić information content (AvgIpc) is 3.27. The summed E-state index contributed by atoms with van der Waals surface area (Å²) in [6.07, 6.45) is 0.0378. The molecule has 0 aliphatic heterocycles. The first kappa shape index (κ1) is 23.0. The maximum absolute atomic E-state index is 12.8. The molecule has 14 heteroatoms. The summed E-state index contributed by atoms with van der Waals surface area (Å²) in [6.45, 7) is 2.58. The van der Waals surface area contributed by atoms with E-state index in [-0.39, 0.29) is 33.7 Å². The summed E-state index contributed by atoms with van der Waals surface area (Å²) in [4.78, 5) is 24.4. The quantitative estimate of drug-likeness (QED) is 0.449. The summed E-state index contributed by atoms with van der Waals surface area (Å²) in [5.41, 5.74) is -0.957. The number of carbonyl (C=O) groups is 1. The van der Waals surface area contributed by atoms with Crippen LogP contribution in [-0.4, -0.2) is 50.9 Å². The Kier molecular flexibility index (Phi) is 6.34. The van der Waals surface area contributed by atoms with E-state index in [0.29, 0.717) is 6.20 Å². The zero-order valence-electron chi connectivity index (χ0n) is 16.7. The Morgan fingerprint density at radius 1 is 1.16 bits per heavy atom. The summed E-state index contributed by atoms with van der Waals surface area (Å²) in [7, 11) is -3.87. The Bertz CT molecular complexity index is 1260. The Morgan fingerprint density at radius 3 is 2.38 bits per heavy atom. The third-order valence-electron chi connectivity index (χ3n) is 4.02. The molecule has 3 rings (SSSR count). The van der Waals surface area contributed by atoms with E-state index in [1.165, 1.54) is 31.6 Å². The van der Waals surface area contributed by atoms with E-state index in [1.54, 1.807) is 0 Å². The van der Waals surface area contributed by atoms with E-state index < -0.39 is 27.5 Å². The number of hydrogen-bond donors (Lipinski definition) is 1. The number of amidine groups is 1. The van der Waals surface area contributed by atoms with Crippen LogP contribution in [0.25, 0.3) is 5.69 Å². The molecule has 3 aromatic rings. The van der Waals surface area contributed by atoms with E-state index in [1.807, 2.05) is 0 Å². The van der Waals surface area contributed by atoms with E-state index in [9.17, 15) is 26.4 Å². The molecule has 0 aliphatic rings. The lowest BCUT2D eigenvalue weighted by atomic mass is 10.2. The highest BCUT2D eigenvalue weighted by atomic mass is 32.2. The summed E-state index contributed by atoms with van der Waals surface area (Å²) in [6, 6.07) is 3.01. The van der Waals surface area contributed by atoms with Crippen molar-refractivity contribution in [1.29, 1.82) is 0 Å². The van der Waals surface area contributed by atoms with Gasteiger partial charge in [0.1, 0.15) is 11.4 Å². The SMILES string of the molecule is CCS(=O)(=O)c1cc(-n2nccn2)cnc1C(=Nc1ccc(C(F)(F)F)cn1)NC(C)=O. The van der Waals surface area contributed by atoms with Gasteiger partial charge in [0.15, 0.2) is 21.5 Å². The Balaban J connectivity index is 2.17. The van der Waals surface area contributed by atoms with Gasteiger partial charge in [-0.3, -0.25) is 4.79 Å². The molecule has 168 valence electrons. The molecular weight excluding hydrogens is 451 g/mol.